The predicted octanol–water partition coefficient (Wildman–Crippen LogP) is 5.33. The van der Waals surface area contributed by atoms with Gasteiger partial charge in [-0.05, 0) is 49.2 Å². The topological polar surface area (TPSA) is 24.4 Å². The Morgan fingerprint density at radius 2 is 1.59 bits per heavy atom. The summed E-state index contributed by atoms with van der Waals surface area (Å²) in [5.74, 6) is 0. The molecule has 0 fully saturated rings. The van der Waals surface area contributed by atoms with E-state index in [9.17, 15) is 13.2 Å². The third-order valence-electron chi connectivity index (χ3n) is 3.11. The van der Waals surface area contributed by atoms with Crippen LogP contribution in [-0.4, -0.2) is 5.17 Å². The summed E-state index contributed by atoms with van der Waals surface area (Å²) in [7, 11) is 0. The summed E-state index contributed by atoms with van der Waals surface area (Å²) < 4.78 is 38.8. The fourth-order valence-corrected chi connectivity index (χ4v) is 2.37. The predicted molar refractivity (Wildman–Crippen MR) is 83.4 cm³/mol. The lowest BCUT2D eigenvalue weighted by atomic mass is 9.99. The Labute approximate surface area is 131 Å². The van der Waals surface area contributed by atoms with Gasteiger partial charge in [0.05, 0.1) is 11.3 Å². The van der Waals surface area contributed by atoms with E-state index in [2.05, 4.69) is 10.5 Å². The molecular formula is C16H14ClF3N2. The number of hydrogen-bond acceptors (Lipinski definition) is 2. The van der Waals surface area contributed by atoms with Crippen LogP contribution in [0.1, 0.15) is 22.3 Å². The highest BCUT2D eigenvalue weighted by Crippen LogP contribution is 2.35. The molecule has 0 amide bonds. The Morgan fingerprint density at radius 1 is 1.05 bits per heavy atom. The number of hydrazone groups is 1. The lowest BCUT2D eigenvalue weighted by Gasteiger charge is -2.14. The summed E-state index contributed by atoms with van der Waals surface area (Å²) in [6.07, 6.45) is -4.38. The summed E-state index contributed by atoms with van der Waals surface area (Å²) in [5, 5.41) is 4.09. The SMILES string of the molecule is Cc1cc(C(Cl)=NNc2ccccc2)cc(C)c1C(F)(F)F. The van der Waals surface area contributed by atoms with Crippen LogP contribution < -0.4 is 5.43 Å². The first-order valence-electron chi connectivity index (χ1n) is 6.52. The summed E-state index contributed by atoms with van der Waals surface area (Å²) >= 11 is 6.07. The van der Waals surface area contributed by atoms with E-state index < -0.39 is 11.7 Å². The van der Waals surface area contributed by atoms with Crippen molar-refractivity contribution in [1.82, 2.24) is 0 Å². The third kappa shape index (κ3) is 3.80. The van der Waals surface area contributed by atoms with Crippen molar-refractivity contribution in [3.63, 3.8) is 0 Å². The number of nitrogens with one attached hydrogen (secondary N) is 1. The second kappa shape index (κ2) is 6.40. The number of halogens is 4. The molecule has 22 heavy (non-hydrogen) atoms. The molecule has 2 nitrogen and oxygen atoms in total. The highest BCUT2D eigenvalue weighted by atomic mass is 35.5. The van der Waals surface area contributed by atoms with Crippen LogP contribution in [-0.2, 0) is 6.18 Å². The molecule has 0 bridgehead atoms. The molecular weight excluding hydrogens is 313 g/mol. The van der Waals surface area contributed by atoms with Crippen LogP contribution in [0, 0.1) is 13.8 Å². The number of rotatable bonds is 3. The highest BCUT2D eigenvalue weighted by molar-refractivity contribution is 6.69. The Balaban J connectivity index is 2.29. The van der Waals surface area contributed by atoms with Crippen molar-refractivity contribution < 1.29 is 13.2 Å². The van der Waals surface area contributed by atoms with Gasteiger partial charge in [0.25, 0.3) is 0 Å². The minimum absolute atomic E-state index is 0.101. The van der Waals surface area contributed by atoms with Crippen molar-refractivity contribution in [2.45, 2.75) is 20.0 Å². The first kappa shape index (κ1) is 16.4. The number of benzene rings is 2. The highest BCUT2D eigenvalue weighted by Gasteiger charge is 2.34. The zero-order valence-electron chi connectivity index (χ0n) is 12.0. The molecule has 1 N–H and O–H groups in total. The molecule has 0 saturated heterocycles. The molecule has 0 atom stereocenters. The van der Waals surface area contributed by atoms with Gasteiger partial charge in [-0.25, -0.2) is 0 Å². The molecule has 0 aliphatic heterocycles. The van der Waals surface area contributed by atoms with E-state index in [0.717, 1.165) is 5.69 Å². The Hall–Kier alpha value is -2.01. The van der Waals surface area contributed by atoms with E-state index in [-0.39, 0.29) is 16.3 Å². The molecule has 0 aromatic heterocycles. The van der Waals surface area contributed by atoms with Gasteiger partial charge in [0.1, 0.15) is 0 Å². The van der Waals surface area contributed by atoms with E-state index in [1.54, 1.807) is 12.1 Å². The maximum absolute atomic E-state index is 12.9. The van der Waals surface area contributed by atoms with Gasteiger partial charge < -0.3 is 0 Å². The molecule has 0 aliphatic carbocycles. The molecule has 0 aliphatic rings. The van der Waals surface area contributed by atoms with Gasteiger partial charge >= 0.3 is 6.18 Å². The van der Waals surface area contributed by atoms with Crippen molar-refractivity contribution in [1.29, 1.82) is 0 Å². The first-order chi connectivity index (χ1) is 10.3. The van der Waals surface area contributed by atoms with E-state index in [4.69, 9.17) is 11.6 Å². The first-order valence-corrected chi connectivity index (χ1v) is 6.90. The zero-order chi connectivity index (χ0) is 16.3. The van der Waals surface area contributed by atoms with Crippen molar-refractivity contribution >= 4 is 22.5 Å². The minimum atomic E-state index is -4.38. The monoisotopic (exact) mass is 326 g/mol. The van der Waals surface area contributed by atoms with Gasteiger partial charge in [0, 0.05) is 5.56 Å². The zero-order valence-corrected chi connectivity index (χ0v) is 12.8. The van der Waals surface area contributed by atoms with Crippen LogP contribution in [0.25, 0.3) is 0 Å². The molecule has 116 valence electrons. The van der Waals surface area contributed by atoms with Crippen LogP contribution in [0.2, 0.25) is 0 Å². The molecule has 0 spiro atoms. The number of para-hydroxylation sites is 1. The van der Waals surface area contributed by atoms with Crippen LogP contribution in [0.3, 0.4) is 0 Å². The van der Waals surface area contributed by atoms with Gasteiger partial charge in [-0.3, -0.25) is 5.43 Å². The van der Waals surface area contributed by atoms with Crippen molar-refractivity contribution in [3.05, 3.63) is 64.7 Å². The Bertz CT molecular complexity index is 671. The molecule has 2 aromatic carbocycles. The maximum atomic E-state index is 12.9. The average molecular weight is 327 g/mol. The van der Waals surface area contributed by atoms with Crippen LogP contribution in [0.4, 0.5) is 18.9 Å². The fraction of sp³-hybridized carbons (Fsp3) is 0.188. The second-order valence-corrected chi connectivity index (χ2v) is 5.22. The number of alkyl halides is 3. The van der Waals surface area contributed by atoms with E-state index >= 15 is 0 Å². The van der Waals surface area contributed by atoms with Gasteiger partial charge in [0.2, 0.25) is 0 Å². The third-order valence-corrected chi connectivity index (χ3v) is 3.41. The summed E-state index contributed by atoms with van der Waals surface area (Å²) in [5.41, 5.74) is 3.55. The van der Waals surface area contributed by atoms with Crippen molar-refractivity contribution in [3.8, 4) is 0 Å². The van der Waals surface area contributed by atoms with Crippen LogP contribution in [0.15, 0.2) is 47.6 Å². The van der Waals surface area contributed by atoms with E-state index in [1.165, 1.54) is 26.0 Å². The maximum Gasteiger partial charge on any atom is 0.416 e. The molecule has 0 unspecified atom stereocenters. The van der Waals surface area contributed by atoms with Gasteiger partial charge in [-0.1, -0.05) is 29.8 Å². The lowest BCUT2D eigenvalue weighted by Crippen LogP contribution is -2.11. The quantitative estimate of drug-likeness (QED) is 0.598. The van der Waals surface area contributed by atoms with Crippen molar-refractivity contribution in [2.24, 2.45) is 5.10 Å². The second-order valence-electron chi connectivity index (χ2n) is 4.86. The van der Waals surface area contributed by atoms with Crippen molar-refractivity contribution in [2.75, 3.05) is 5.43 Å². The molecule has 6 heteroatoms. The summed E-state index contributed by atoms with van der Waals surface area (Å²) in [4.78, 5) is 0. The minimum Gasteiger partial charge on any atom is -0.277 e. The Kier molecular flexibility index (Phi) is 4.76. The molecule has 0 radical (unpaired) electrons. The standard InChI is InChI=1S/C16H14ClF3N2/c1-10-8-12(9-11(2)14(10)16(18,19)20)15(17)22-21-13-6-4-3-5-7-13/h3-9,21H,1-2H3. The molecule has 0 heterocycles. The summed E-state index contributed by atoms with van der Waals surface area (Å²) in [6, 6.07) is 11.9. The fourth-order valence-electron chi connectivity index (χ4n) is 2.22. The summed E-state index contributed by atoms with van der Waals surface area (Å²) in [6.45, 7) is 2.82. The molecule has 0 saturated carbocycles. The van der Waals surface area contributed by atoms with Crippen LogP contribution >= 0.6 is 11.6 Å². The largest absolute Gasteiger partial charge is 0.416 e. The number of anilines is 1. The van der Waals surface area contributed by atoms with Gasteiger partial charge in [-0.2, -0.15) is 18.3 Å². The van der Waals surface area contributed by atoms with E-state index in [0.29, 0.717) is 5.56 Å². The van der Waals surface area contributed by atoms with Crippen LogP contribution in [0.5, 0.6) is 0 Å². The number of hydrogen-bond donors (Lipinski definition) is 1. The molecule has 2 rings (SSSR count). The van der Waals surface area contributed by atoms with Gasteiger partial charge in [-0.15, -0.1) is 0 Å². The average Bonchev–Trinajstić information content (AvgIpc) is 2.43. The smallest absolute Gasteiger partial charge is 0.277 e. The number of nitrogens with zero attached hydrogens (tertiary/aromatic N) is 1. The van der Waals surface area contributed by atoms with Gasteiger partial charge in [0.15, 0.2) is 5.17 Å². The molecule has 2 aromatic rings. The number of aryl methyl sites for hydroxylation is 2. The normalized spacial score (nSPS) is 12.4. The lowest BCUT2D eigenvalue weighted by molar-refractivity contribution is -0.138. The Morgan fingerprint density at radius 3 is 2.09 bits per heavy atom. The van der Waals surface area contributed by atoms with E-state index in [1.807, 2.05) is 18.2 Å².